The van der Waals surface area contributed by atoms with Crippen LogP contribution in [0.4, 0.5) is 5.82 Å². The molecule has 0 aliphatic carbocycles. The third-order valence-corrected chi connectivity index (χ3v) is 2.41. The number of aryl methyl sites for hydroxylation is 1. The summed E-state index contributed by atoms with van der Waals surface area (Å²) < 4.78 is 5.01. The highest BCUT2D eigenvalue weighted by Crippen LogP contribution is 2.21. The van der Waals surface area contributed by atoms with Gasteiger partial charge in [0.25, 0.3) is 0 Å². The Kier molecular flexibility index (Phi) is 2.41. The molecule has 2 heterocycles. The van der Waals surface area contributed by atoms with E-state index in [4.69, 9.17) is 4.42 Å². The molecule has 2 aromatic heterocycles. The van der Waals surface area contributed by atoms with Crippen LogP contribution in [0.3, 0.4) is 0 Å². The van der Waals surface area contributed by atoms with Gasteiger partial charge in [0.05, 0.1) is 11.8 Å². The normalized spacial score (nSPS) is 10.3. The first-order valence-electron chi connectivity index (χ1n) is 4.78. The fraction of sp³-hybridized carbons (Fsp3) is 0.273. The molecule has 0 aromatic carbocycles. The Morgan fingerprint density at radius 3 is 2.67 bits per heavy atom. The Balaban J connectivity index is 2.55. The molecule has 0 spiro atoms. The number of nitrogens with zero attached hydrogens (tertiary/aromatic N) is 2. The minimum Gasteiger partial charge on any atom is -0.472 e. The van der Waals surface area contributed by atoms with Gasteiger partial charge in [0.1, 0.15) is 12.1 Å². The summed E-state index contributed by atoms with van der Waals surface area (Å²) in [6, 6.07) is 1.85. The molecule has 0 aliphatic rings. The quantitative estimate of drug-likeness (QED) is 0.814. The predicted molar refractivity (Wildman–Crippen MR) is 58.8 cm³/mol. The molecule has 2 rings (SSSR count). The second kappa shape index (κ2) is 3.73. The Bertz CT molecular complexity index is 463. The zero-order valence-electron chi connectivity index (χ0n) is 9.03. The average Bonchev–Trinajstić information content (AvgIpc) is 2.75. The Morgan fingerprint density at radius 1 is 1.27 bits per heavy atom. The van der Waals surface area contributed by atoms with Crippen LogP contribution in [0.5, 0.6) is 0 Å². The molecule has 1 N–H and O–H groups in total. The van der Waals surface area contributed by atoms with Crippen molar-refractivity contribution >= 4 is 5.82 Å². The van der Waals surface area contributed by atoms with Crippen molar-refractivity contribution in [1.82, 2.24) is 9.97 Å². The maximum absolute atomic E-state index is 5.01. The largest absolute Gasteiger partial charge is 0.472 e. The molecular weight excluding hydrogens is 190 g/mol. The zero-order valence-corrected chi connectivity index (χ0v) is 9.03. The number of rotatable bonds is 2. The number of anilines is 1. The lowest BCUT2D eigenvalue weighted by molar-refractivity contribution is 0.568. The van der Waals surface area contributed by atoms with E-state index in [9.17, 15) is 0 Å². The van der Waals surface area contributed by atoms with Crippen LogP contribution in [0.1, 0.15) is 11.3 Å². The molecule has 0 saturated carbocycles. The van der Waals surface area contributed by atoms with Gasteiger partial charge in [-0.15, -0.1) is 0 Å². The average molecular weight is 203 g/mol. The van der Waals surface area contributed by atoms with E-state index in [1.807, 2.05) is 27.0 Å². The van der Waals surface area contributed by atoms with E-state index in [1.165, 1.54) is 0 Å². The van der Waals surface area contributed by atoms with Crippen molar-refractivity contribution in [1.29, 1.82) is 0 Å². The minimum absolute atomic E-state index is 0.691. The highest BCUT2D eigenvalue weighted by molar-refractivity contribution is 5.58. The van der Waals surface area contributed by atoms with Gasteiger partial charge >= 0.3 is 0 Å². The molecule has 78 valence electrons. The maximum Gasteiger partial charge on any atom is 0.165 e. The van der Waals surface area contributed by atoms with Gasteiger partial charge in [0, 0.05) is 18.3 Å². The van der Waals surface area contributed by atoms with Crippen LogP contribution in [0.2, 0.25) is 0 Å². The maximum atomic E-state index is 5.01. The topological polar surface area (TPSA) is 51.0 Å². The van der Waals surface area contributed by atoms with Crippen LogP contribution in [-0.2, 0) is 0 Å². The molecule has 0 atom stereocenters. The lowest BCUT2D eigenvalue weighted by Gasteiger charge is -2.08. The van der Waals surface area contributed by atoms with Gasteiger partial charge in [-0.3, -0.25) is 0 Å². The summed E-state index contributed by atoms with van der Waals surface area (Å²) >= 11 is 0. The van der Waals surface area contributed by atoms with Crippen molar-refractivity contribution in [3.8, 4) is 11.4 Å². The summed E-state index contributed by atoms with van der Waals surface area (Å²) in [5.41, 5.74) is 2.95. The third kappa shape index (κ3) is 1.70. The molecule has 0 radical (unpaired) electrons. The number of nitrogens with one attached hydrogen (secondary N) is 1. The Hall–Kier alpha value is -1.84. The van der Waals surface area contributed by atoms with Gasteiger partial charge < -0.3 is 9.73 Å². The van der Waals surface area contributed by atoms with E-state index >= 15 is 0 Å². The standard InChI is InChI=1S/C11H13N3O/c1-7-8(2)13-11(14-10(7)12-3)9-4-5-15-6-9/h4-6H,1-3H3,(H,12,13,14). The van der Waals surface area contributed by atoms with E-state index in [0.29, 0.717) is 5.82 Å². The summed E-state index contributed by atoms with van der Waals surface area (Å²) in [6.07, 6.45) is 3.26. The highest BCUT2D eigenvalue weighted by Gasteiger charge is 2.08. The summed E-state index contributed by atoms with van der Waals surface area (Å²) in [5.74, 6) is 1.55. The number of hydrogen-bond acceptors (Lipinski definition) is 4. The molecule has 2 aromatic rings. The van der Waals surface area contributed by atoms with Crippen LogP contribution < -0.4 is 5.32 Å². The molecule has 0 aliphatic heterocycles. The van der Waals surface area contributed by atoms with Crippen molar-refractivity contribution in [3.05, 3.63) is 29.9 Å². The van der Waals surface area contributed by atoms with E-state index in [0.717, 1.165) is 22.6 Å². The number of furan rings is 1. The van der Waals surface area contributed by atoms with Crippen LogP contribution in [-0.4, -0.2) is 17.0 Å². The lowest BCUT2D eigenvalue weighted by Crippen LogP contribution is -2.02. The van der Waals surface area contributed by atoms with Crippen molar-refractivity contribution in [3.63, 3.8) is 0 Å². The summed E-state index contributed by atoms with van der Waals surface area (Å²) in [6.45, 7) is 3.97. The van der Waals surface area contributed by atoms with E-state index < -0.39 is 0 Å². The molecule has 0 fully saturated rings. The SMILES string of the molecule is CNc1nc(-c2ccoc2)nc(C)c1C. The zero-order chi connectivity index (χ0) is 10.8. The minimum atomic E-state index is 0.691. The van der Waals surface area contributed by atoms with Gasteiger partial charge in [-0.05, 0) is 19.9 Å². The Morgan fingerprint density at radius 2 is 2.07 bits per heavy atom. The van der Waals surface area contributed by atoms with Crippen molar-refractivity contribution in [2.75, 3.05) is 12.4 Å². The predicted octanol–water partition coefficient (Wildman–Crippen LogP) is 2.40. The second-order valence-corrected chi connectivity index (χ2v) is 3.37. The van der Waals surface area contributed by atoms with Crippen molar-refractivity contribution in [2.45, 2.75) is 13.8 Å². The molecule has 15 heavy (non-hydrogen) atoms. The highest BCUT2D eigenvalue weighted by atomic mass is 16.3. The molecule has 0 bridgehead atoms. The van der Waals surface area contributed by atoms with Crippen molar-refractivity contribution < 1.29 is 4.42 Å². The lowest BCUT2D eigenvalue weighted by atomic mass is 10.2. The first kappa shape index (κ1) is 9.71. The first-order chi connectivity index (χ1) is 7.22. The Labute approximate surface area is 88.4 Å². The summed E-state index contributed by atoms with van der Waals surface area (Å²) in [7, 11) is 1.86. The number of aromatic nitrogens is 2. The molecule has 0 saturated heterocycles. The van der Waals surface area contributed by atoms with Gasteiger partial charge in [-0.25, -0.2) is 9.97 Å². The molecular formula is C11H13N3O. The van der Waals surface area contributed by atoms with Crippen LogP contribution in [0.15, 0.2) is 23.0 Å². The van der Waals surface area contributed by atoms with Gasteiger partial charge in [-0.2, -0.15) is 0 Å². The molecule has 0 amide bonds. The van der Waals surface area contributed by atoms with Gasteiger partial charge in [-0.1, -0.05) is 0 Å². The summed E-state index contributed by atoms with van der Waals surface area (Å²) in [4.78, 5) is 8.82. The van der Waals surface area contributed by atoms with Crippen molar-refractivity contribution in [2.24, 2.45) is 0 Å². The van der Waals surface area contributed by atoms with Gasteiger partial charge in [0.2, 0.25) is 0 Å². The fourth-order valence-corrected chi connectivity index (χ4v) is 1.39. The van der Waals surface area contributed by atoms with Crippen LogP contribution in [0, 0.1) is 13.8 Å². The van der Waals surface area contributed by atoms with Crippen LogP contribution in [0.25, 0.3) is 11.4 Å². The second-order valence-electron chi connectivity index (χ2n) is 3.37. The smallest absolute Gasteiger partial charge is 0.165 e. The molecule has 0 unspecified atom stereocenters. The van der Waals surface area contributed by atoms with E-state index in [2.05, 4.69) is 15.3 Å². The van der Waals surface area contributed by atoms with Crippen LogP contribution >= 0.6 is 0 Å². The number of hydrogen-bond donors (Lipinski definition) is 1. The molecule has 4 nitrogen and oxygen atoms in total. The first-order valence-corrected chi connectivity index (χ1v) is 4.78. The van der Waals surface area contributed by atoms with E-state index in [-0.39, 0.29) is 0 Å². The molecule has 4 heteroatoms. The van der Waals surface area contributed by atoms with E-state index in [1.54, 1.807) is 12.5 Å². The summed E-state index contributed by atoms with van der Waals surface area (Å²) in [5, 5.41) is 3.06. The third-order valence-electron chi connectivity index (χ3n) is 2.41. The fourth-order valence-electron chi connectivity index (χ4n) is 1.39. The van der Waals surface area contributed by atoms with Gasteiger partial charge in [0.15, 0.2) is 5.82 Å². The monoisotopic (exact) mass is 203 g/mol.